The Morgan fingerprint density at radius 1 is 0.316 bits per heavy atom. The van der Waals surface area contributed by atoms with Crippen LogP contribution in [0.2, 0.25) is 0 Å². The highest BCUT2D eigenvalue weighted by molar-refractivity contribution is 6.27. The van der Waals surface area contributed by atoms with Crippen LogP contribution in [-0.2, 0) is 0 Å². The number of furan rings is 1. The zero-order valence-corrected chi connectivity index (χ0v) is 30.8. The van der Waals surface area contributed by atoms with Gasteiger partial charge in [-0.15, -0.1) is 0 Å². The van der Waals surface area contributed by atoms with Gasteiger partial charge in [-0.1, -0.05) is 170 Å². The number of hydrogen-bond donors (Lipinski definition) is 0. The molecule has 4 heteroatoms. The largest absolute Gasteiger partial charge is 0.456 e. The molecule has 11 aromatic rings. The summed E-state index contributed by atoms with van der Waals surface area (Å²) in [5, 5.41) is 5.58. The number of fused-ring (bicyclic) bond motifs is 6. The SMILES string of the molecule is c1ccc(-c2cc(-c3cccc(-c4ccc(-c5nc6ccccc6c6c(-c7ccccc7)c7c(cc56)oc5ccccc57)cc4)c3)nc(-c3ccccc3)n2)cc1. The molecule has 0 aliphatic heterocycles. The molecule has 3 aromatic heterocycles. The van der Waals surface area contributed by atoms with Crippen molar-refractivity contribution in [1.82, 2.24) is 15.0 Å². The van der Waals surface area contributed by atoms with Gasteiger partial charge in [0.2, 0.25) is 0 Å². The van der Waals surface area contributed by atoms with E-state index >= 15 is 0 Å². The molecule has 266 valence electrons. The van der Waals surface area contributed by atoms with Gasteiger partial charge in [0.05, 0.1) is 22.6 Å². The number of pyridine rings is 1. The lowest BCUT2D eigenvalue weighted by molar-refractivity contribution is 0.669. The van der Waals surface area contributed by atoms with Crippen molar-refractivity contribution >= 4 is 43.6 Å². The first-order valence-corrected chi connectivity index (χ1v) is 19.2. The molecule has 8 aromatic carbocycles. The van der Waals surface area contributed by atoms with E-state index in [1.54, 1.807) is 0 Å². The Bertz CT molecular complexity index is 3210. The topological polar surface area (TPSA) is 51.8 Å². The third-order valence-electron chi connectivity index (χ3n) is 10.9. The normalized spacial score (nSPS) is 11.5. The minimum absolute atomic E-state index is 0.701. The van der Waals surface area contributed by atoms with E-state index in [4.69, 9.17) is 19.4 Å². The molecule has 11 rings (SSSR count). The highest BCUT2D eigenvalue weighted by Gasteiger charge is 2.21. The second kappa shape index (κ2) is 13.6. The Morgan fingerprint density at radius 3 is 1.65 bits per heavy atom. The van der Waals surface area contributed by atoms with Gasteiger partial charge in [0, 0.05) is 54.7 Å². The van der Waals surface area contributed by atoms with E-state index in [0.29, 0.717) is 5.82 Å². The van der Waals surface area contributed by atoms with Crippen molar-refractivity contribution in [3.05, 3.63) is 200 Å². The molecule has 0 saturated heterocycles. The first-order chi connectivity index (χ1) is 28.2. The molecule has 3 heterocycles. The standard InChI is InChI=1S/C53H33N3O/c1-4-15-35(16-5-1)45-33-46(56-53(55-45)38-19-8-3-9-20-38)40-22-14-21-39(31-40)34-27-29-37(30-28-34)52-43-32-48-51(42-24-11-13-26-47(42)57-48)49(36-17-6-2-7-18-36)50(43)41-23-10-12-25-44(41)54-52/h1-33H. The lowest BCUT2D eigenvalue weighted by Crippen LogP contribution is -1.96. The minimum Gasteiger partial charge on any atom is -0.456 e. The number of benzene rings is 8. The summed E-state index contributed by atoms with van der Waals surface area (Å²) in [6.45, 7) is 0. The molecule has 0 atom stereocenters. The number of nitrogens with zero attached hydrogens (tertiary/aromatic N) is 3. The molecule has 0 radical (unpaired) electrons. The first-order valence-electron chi connectivity index (χ1n) is 19.2. The fourth-order valence-corrected chi connectivity index (χ4v) is 8.18. The Kier molecular flexibility index (Phi) is 7.78. The lowest BCUT2D eigenvalue weighted by Gasteiger charge is -2.16. The third-order valence-corrected chi connectivity index (χ3v) is 10.9. The predicted molar refractivity (Wildman–Crippen MR) is 235 cm³/mol. The van der Waals surface area contributed by atoms with Crippen molar-refractivity contribution in [2.24, 2.45) is 0 Å². The van der Waals surface area contributed by atoms with Gasteiger partial charge in [-0.3, -0.25) is 0 Å². The van der Waals surface area contributed by atoms with Crippen molar-refractivity contribution in [3.8, 4) is 67.4 Å². The highest BCUT2D eigenvalue weighted by atomic mass is 16.3. The second-order valence-electron chi connectivity index (χ2n) is 14.3. The summed E-state index contributed by atoms with van der Waals surface area (Å²) < 4.78 is 6.58. The first kappa shape index (κ1) is 32.7. The van der Waals surface area contributed by atoms with Gasteiger partial charge < -0.3 is 4.42 Å². The number of para-hydroxylation sites is 2. The maximum Gasteiger partial charge on any atom is 0.160 e. The molecule has 0 unspecified atom stereocenters. The molecule has 0 aliphatic carbocycles. The van der Waals surface area contributed by atoms with Gasteiger partial charge in [-0.25, -0.2) is 15.0 Å². The van der Waals surface area contributed by atoms with E-state index in [-0.39, 0.29) is 0 Å². The van der Waals surface area contributed by atoms with E-state index in [1.165, 1.54) is 5.39 Å². The Balaban J connectivity index is 1.05. The van der Waals surface area contributed by atoms with Crippen molar-refractivity contribution in [2.45, 2.75) is 0 Å². The summed E-state index contributed by atoms with van der Waals surface area (Å²) in [4.78, 5) is 15.4. The smallest absolute Gasteiger partial charge is 0.160 e. The van der Waals surface area contributed by atoms with Gasteiger partial charge in [0.25, 0.3) is 0 Å². The molecule has 0 spiro atoms. The monoisotopic (exact) mass is 727 g/mol. The van der Waals surface area contributed by atoms with E-state index in [1.807, 2.05) is 42.5 Å². The van der Waals surface area contributed by atoms with Crippen LogP contribution in [0.25, 0.3) is 111 Å². The van der Waals surface area contributed by atoms with Gasteiger partial charge in [0.15, 0.2) is 5.82 Å². The summed E-state index contributed by atoms with van der Waals surface area (Å²) in [7, 11) is 0. The number of aromatic nitrogens is 3. The number of rotatable bonds is 6. The average Bonchev–Trinajstić information content (AvgIpc) is 3.67. The zero-order chi connectivity index (χ0) is 37.7. The van der Waals surface area contributed by atoms with Crippen molar-refractivity contribution in [1.29, 1.82) is 0 Å². The van der Waals surface area contributed by atoms with E-state index in [2.05, 4.69) is 158 Å². The maximum absolute atomic E-state index is 6.58. The van der Waals surface area contributed by atoms with Crippen LogP contribution in [0, 0.1) is 0 Å². The van der Waals surface area contributed by atoms with Crippen LogP contribution in [0.5, 0.6) is 0 Å². The third kappa shape index (κ3) is 5.74. The average molecular weight is 728 g/mol. The Morgan fingerprint density at radius 2 is 0.895 bits per heavy atom. The highest BCUT2D eigenvalue weighted by Crippen LogP contribution is 2.46. The van der Waals surface area contributed by atoms with Crippen LogP contribution in [0.4, 0.5) is 0 Å². The molecule has 0 amide bonds. The van der Waals surface area contributed by atoms with Crippen LogP contribution in [0.15, 0.2) is 205 Å². The maximum atomic E-state index is 6.58. The van der Waals surface area contributed by atoms with Crippen LogP contribution in [0.1, 0.15) is 0 Å². The van der Waals surface area contributed by atoms with Gasteiger partial charge in [-0.05, 0) is 47.0 Å². The van der Waals surface area contributed by atoms with Gasteiger partial charge >= 0.3 is 0 Å². The summed E-state index contributed by atoms with van der Waals surface area (Å²) in [5.41, 5.74) is 14.0. The Labute approximate surface area is 329 Å². The van der Waals surface area contributed by atoms with Crippen LogP contribution >= 0.6 is 0 Å². The summed E-state index contributed by atoms with van der Waals surface area (Å²) in [5.74, 6) is 0.701. The summed E-state index contributed by atoms with van der Waals surface area (Å²) in [6, 6.07) is 69.6. The van der Waals surface area contributed by atoms with E-state index in [9.17, 15) is 0 Å². The minimum atomic E-state index is 0.701. The van der Waals surface area contributed by atoms with Crippen LogP contribution in [0.3, 0.4) is 0 Å². The lowest BCUT2D eigenvalue weighted by atomic mass is 9.89. The molecule has 0 aliphatic rings. The molecular weight excluding hydrogens is 695 g/mol. The fraction of sp³-hybridized carbons (Fsp3) is 0. The molecule has 0 N–H and O–H groups in total. The molecule has 0 saturated carbocycles. The molecular formula is C53H33N3O. The van der Waals surface area contributed by atoms with Gasteiger partial charge in [-0.2, -0.15) is 0 Å². The van der Waals surface area contributed by atoms with Crippen molar-refractivity contribution in [3.63, 3.8) is 0 Å². The van der Waals surface area contributed by atoms with Crippen molar-refractivity contribution in [2.75, 3.05) is 0 Å². The van der Waals surface area contributed by atoms with Gasteiger partial charge in [0.1, 0.15) is 11.2 Å². The predicted octanol–water partition coefficient (Wildman–Crippen LogP) is 14.1. The summed E-state index contributed by atoms with van der Waals surface area (Å²) in [6.07, 6.45) is 0. The second-order valence-corrected chi connectivity index (χ2v) is 14.3. The van der Waals surface area contributed by atoms with Crippen molar-refractivity contribution < 1.29 is 4.42 Å². The quantitative estimate of drug-likeness (QED) is 0.160. The Hall–Kier alpha value is -7.69. The van der Waals surface area contributed by atoms with E-state index < -0.39 is 0 Å². The molecule has 0 fully saturated rings. The zero-order valence-electron chi connectivity index (χ0n) is 30.8. The van der Waals surface area contributed by atoms with Crippen LogP contribution < -0.4 is 0 Å². The fourth-order valence-electron chi connectivity index (χ4n) is 8.18. The number of hydrogen-bond acceptors (Lipinski definition) is 4. The molecule has 57 heavy (non-hydrogen) atoms. The summed E-state index contributed by atoms with van der Waals surface area (Å²) >= 11 is 0. The molecule has 0 bridgehead atoms. The molecule has 4 nitrogen and oxygen atoms in total. The van der Waals surface area contributed by atoms with Crippen LogP contribution in [-0.4, -0.2) is 15.0 Å². The van der Waals surface area contributed by atoms with E-state index in [0.717, 1.165) is 99.8 Å².